The number of aromatic nitrogens is 2. The number of ether oxygens (including phenoxy) is 1. The van der Waals surface area contributed by atoms with E-state index in [9.17, 15) is 4.79 Å². The van der Waals surface area contributed by atoms with E-state index in [0.29, 0.717) is 11.7 Å². The number of hydrogen-bond donors (Lipinski definition) is 1. The van der Waals surface area contributed by atoms with Crippen LogP contribution in [0.3, 0.4) is 0 Å². The SMILES string of the molecule is C[C@@H]1Cc2c(C(=O)N3CC(N(C)C)C3)n[nH]c2[C@H](C)O1. The van der Waals surface area contributed by atoms with Crippen LogP contribution in [0.1, 0.15) is 41.7 Å². The van der Waals surface area contributed by atoms with Crippen molar-refractivity contribution >= 4 is 5.91 Å². The van der Waals surface area contributed by atoms with Gasteiger partial charge in [0.05, 0.1) is 17.9 Å². The topological polar surface area (TPSA) is 61.5 Å². The zero-order chi connectivity index (χ0) is 14.4. The van der Waals surface area contributed by atoms with E-state index >= 15 is 0 Å². The van der Waals surface area contributed by atoms with Crippen molar-refractivity contribution < 1.29 is 9.53 Å². The number of likely N-dealkylation sites (tertiary alicyclic amines) is 1. The van der Waals surface area contributed by atoms with Crippen LogP contribution in [0.25, 0.3) is 0 Å². The largest absolute Gasteiger partial charge is 0.369 e. The molecule has 6 nitrogen and oxygen atoms in total. The Balaban J connectivity index is 1.77. The van der Waals surface area contributed by atoms with Gasteiger partial charge in [0.25, 0.3) is 5.91 Å². The molecule has 1 aromatic heterocycles. The first-order valence-electron chi connectivity index (χ1n) is 7.15. The Morgan fingerprint density at radius 3 is 2.75 bits per heavy atom. The number of hydrogen-bond acceptors (Lipinski definition) is 4. The van der Waals surface area contributed by atoms with Crippen molar-refractivity contribution in [3.63, 3.8) is 0 Å². The van der Waals surface area contributed by atoms with Gasteiger partial charge < -0.3 is 14.5 Å². The molecule has 1 amide bonds. The highest BCUT2D eigenvalue weighted by Crippen LogP contribution is 2.31. The summed E-state index contributed by atoms with van der Waals surface area (Å²) in [4.78, 5) is 16.5. The summed E-state index contributed by atoms with van der Waals surface area (Å²) < 4.78 is 5.75. The molecule has 20 heavy (non-hydrogen) atoms. The van der Waals surface area contributed by atoms with Gasteiger partial charge in [0, 0.05) is 31.1 Å². The molecule has 2 aliphatic rings. The monoisotopic (exact) mass is 278 g/mol. The molecule has 1 fully saturated rings. The van der Waals surface area contributed by atoms with Crippen LogP contribution in [0.15, 0.2) is 0 Å². The van der Waals surface area contributed by atoms with Gasteiger partial charge in [-0.25, -0.2) is 0 Å². The van der Waals surface area contributed by atoms with Crippen LogP contribution in [0, 0.1) is 0 Å². The minimum Gasteiger partial charge on any atom is -0.369 e. The van der Waals surface area contributed by atoms with Crippen LogP contribution in [0.4, 0.5) is 0 Å². The zero-order valence-corrected chi connectivity index (χ0v) is 12.5. The molecule has 1 saturated heterocycles. The van der Waals surface area contributed by atoms with E-state index in [2.05, 4.69) is 15.1 Å². The molecule has 3 rings (SSSR count). The molecular formula is C14H22N4O2. The Morgan fingerprint density at radius 1 is 1.40 bits per heavy atom. The smallest absolute Gasteiger partial charge is 0.274 e. The van der Waals surface area contributed by atoms with Gasteiger partial charge in [-0.1, -0.05) is 0 Å². The molecule has 0 bridgehead atoms. The number of carbonyl (C=O) groups is 1. The first-order valence-corrected chi connectivity index (χ1v) is 7.15. The quantitative estimate of drug-likeness (QED) is 0.870. The third-order valence-corrected chi connectivity index (χ3v) is 4.32. The summed E-state index contributed by atoms with van der Waals surface area (Å²) in [7, 11) is 4.09. The Bertz CT molecular complexity index is 519. The lowest BCUT2D eigenvalue weighted by Gasteiger charge is -2.42. The van der Waals surface area contributed by atoms with Crippen LogP contribution in [0.5, 0.6) is 0 Å². The zero-order valence-electron chi connectivity index (χ0n) is 12.5. The maximum absolute atomic E-state index is 12.5. The van der Waals surface area contributed by atoms with Crippen molar-refractivity contribution in [1.29, 1.82) is 0 Å². The van der Waals surface area contributed by atoms with Crippen LogP contribution in [-0.2, 0) is 11.2 Å². The van der Waals surface area contributed by atoms with E-state index in [4.69, 9.17) is 4.74 Å². The second kappa shape index (κ2) is 4.86. The Kier molecular flexibility index (Phi) is 3.30. The predicted octanol–water partition coefficient (Wildman–Crippen LogP) is 0.818. The summed E-state index contributed by atoms with van der Waals surface area (Å²) in [5, 5.41) is 7.23. The number of likely N-dealkylation sites (N-methyl/N-ethyl adjacent to an activating group) is 1. The lowest BCUT2D eigenvalue weighted by molar-refractivity contribution is -0.00712. The van der Waals surface area contributed by atoms with E-state index in [1.54, 1.807) is 0 Å². The van der Waals surface area contributed by atoms with E-state index < -0.39 is 0 Å². The number of aromatic amines is 1. The van der Waals surface area contributed by atoms with Crippen LogP contribution < -0.4 is 0 Å². The molecule has 1 N–H and O–H groups in total. The van der Waals surface area contributed by atoms with Crippen molar-refractivity contribution in [1.82, 2.24) is 20.0 Å². The fraction of sp³-hybridized carbons (Fsp3) is 0.714. The average molecular weight is 278 g/mol. The minimum atomic E-state index is -0.0197. The summed E-state index contributed by atoms with van der Waals surface area (Å²) in [5.41, 5.74) is 2.57. The molecule has 3 heterocycles. The van der Waals surface area contributed by atoms with Gasteiger partial charge in [0.15, 0.2) is 5.69 Å². The van der Waals surface area contributed by atoms with Crippen LogP contribution in [0.2, 0.25) is 0 Å². The van der Waals surface area contributed by atoms with Gasteiger partial charge >= 0.3 is 0 Å². The lowest BCUT2D eigenvalue weighted by atomic mass is 9.98. The summed E-state index contributed by atoms with van der Waals surface area (Å²) in [6.07, 6.45) is 0.864. The maximum atomic E-state index is 12.5. The summed E-state index contributed by atoms with van der Waals surface area (Å²) >= 11 is 0. The Morgan fingerprint density at radius 2 is 2.10 bits per heavy atom. The molecular weight excluding hydrogens is 256 g/mol. The van der Waals surface area contributed by atoms with Crippen molar-refractivity contribution in [2.75, 3.05) is 27.2 Å². The molecule has 6 heteroatoms. The number of H-pyrrole nitrogens is 1. The molecule has 0 saturated carbocycles. The fourth-order valence-electron chi connectivity index (χ4n) is 2.95. The van der Waals surface area contributed by atoms with E-state index in [0.717, 1.165) is 30.8 Å². The number of rotatable bonds is 2. The molecule has 0 radical (unpaired) electrons. The van der Waals surface area contributed by atoms with Gasteiger partial charge in [0.1, 0.15) is 0 Å². The van der Waals surface area contributed by atoms with Gasteiger partial charge in [0.2, 0.25) is 0 Å². The number of nitrogens with one attached hydrogen (secondary N) is 1. The number of fused-ring (bicyclic) bond motifs is 1. The molecule has 0 unspecified atom stereocenters. The number of nitrogens with zero attached hydrogens (tertiary/aromatic N) is 3. The molecule has 0 aromatic carbocycles. The van der Waals surface area contributed by atoms with Crippen molar-refractivity contribution in [3.05, 3.63) is 17.0 Å². The van der Waals surface area contributed by atoms with Gasteiger partial charge in [-0.2, -0.15) is 5.10 Å². The van der Waals surface area contributed by atoms with Crippen LogP contribution in [-0.4, -0.2) is 65.2 Å². The normalized spacial score (nSPS) is 26.6. The van der Waals surface area contributed by atoms with Crippen molar-refractivity contribution in [3.8, 4) is 0 Å². The molecule has 0 aliphatic carbocycles. The third kappa shape index (κ3) is 2.13. The predicted molar refractivity (Wildman–Crippen MR) is 74.6 cm³/mol. The van der Waals surface area contributed by atoms with E-state index in [1.165, 1.54) is 0 Å². The van der Waals surface area contributed by atoms with Crippen LogP contribution >= 0.6 is 0 Å². The van der Waals surface area contributed by atoms with E-state index in [1.807, 2.05) is 32.8 Å². The Labute approximate surface area is 119 Å². The molecule has 2 aliphatic heterocycles. The number of amides is 1. The van der Waals surface area contributed by atoms with Gasteiger partial charge in [-0.3, -0.25) is 9.89 Å². The number of carbonyl (C=O) groups excluding carboxylic acids is 1. The first-order chi connectivity index (χ1) is 9.47. The van der Waals surface area contributed by atoms with E-state index in [-0.39, 0.29) is 18.1 Å². The first kappa shape index (κ1) is 13.6. The molecule has 1 aromatic rings. The third-order valence-electron chi connectivity index (χ3n) is 4.32. The average Bonchev–Trinajstić information content (AvgIpc) is 2.69. The fourth-order valence-corrected chi connectivity index (χ4v) is 2.95. The lowest BCUT2D eigenvalue weighted by Crippen LogP contribution is -2.59. The minimum absolute atomic E-state index is 0.0197. The highest BCUT2D eigenvalue weighted by Gasteiger charge is 2.36. The highest BCUT2D eigenvalue weighted by molar-refractivity contribution is 5.94. The second-order valence-electron chi connectivity index (χ2n) is 6.09. The van der Waals surface area contributed by atoms with Gasteiger partial charge in [-0.05, 0) is 27.9 Å². The molecule has 110 valence electrons. The Hall–Kier alpha value is -1.40. The second-order valence-corrected chi connectivity index (χ2v) is 6.09. The molecule has 2 atom stereocenters. The summed E-state index contributed by atoms with van der Waals surface area (Å²) in [5.74, 6) is 0.0434. The maximum Gasteiger partial charge on any atom is 0.274 e. The van der Waals surface area contributed by atoms with Crippen molar-refractivity contribution in [2.45, 2.75) is 38.5 Å². The summed E-state index contributed by atoms with van der Waals surface area (Å²) in [6.45, 7) is 5.60. The molecule has 0 spiro atoms. The standard InChI is InChI=1S/C14H22N4O2/c1-8-5-11-12(9(2)20-8)15-16-13(11)14(19)18-6-10(7-18)17(3)4/h8-10H,5-7H2,1-4H3,(H,15,16)/t8-,9+/m1/s1. The van der Waals surface area contributed by atoms with Crippen molar-refractivity contribution in [2.24, 2.45) is 0 Å². The summed E-state index contributed by atoms with van der Waals surface area (Å²) in [6, 6.07) is 0.467. The van der Waals surface area contributed by atoms with Gasteiger partial charge in [-0.15, -0.1) is 0 Å². The highest BCUT2D eigenvalue weighted by atomic mass is 16.5.